The second-order valence-corrected chi connectivity index (χ2v) is 15.1. The van der Waals surface area contributed by atoms with E-state index in [0.717, 1.165) is 19.3 Å². The molecular formula is C36H58O7. The van der Waals surface area contributed by atoms with Crippen molar-refractivity contribution in [2.45, 2.75) is 161 Å². The van der Waals surface area contributed by atoms with Crippen molar-refractivity contribution < 1.29 is 34.0 Å². The van der Waals surface area contributed by atoms with Gasteiger partial charge in [-0.2, -0.15) is 0 Å². The van der Waals surface area contributed by atoms with Crippen LogP contribution in [0.15, 0.2) is 23.3 Å². The molecule has 0 unspecified atom stereocenters. The van der Waals surface area contributed by atoms with Gasteiger partial charge in [0.1, 0.15) is 29.2 Å². The number of allylic oxidation sites excluding steroid dienone is 2. The van der Waals surface area contributed by atoms with Gasteiger partial charge in [0.15, 0.2) is 5.79 Å². The van der Waals surface area contributed by atoms with Crippen molar-refractivity contribution in [1.29, 1.82) is 0 Å². The van der Waals surface area contributed by atoms with Crippen LogP contribution in [0.2, 0.25) is 0 Å². The molecule has 1 saturated heterocycles. The molecule has 2 bridgehead atoms. The van der Waals surface area contributed by atoms with Gasteiger partial charge >= 0.3 is 5.97 Å². The highest BCUT2D eigenvalue weighted by Gasteiger charge is 2.77. The SMILES string of the molecule is CCCCCCCCCCCC(=O)O[C@@]12C[C@@H](C)C/C=C(/C)[C@H](O)[C@]3(O)CC(=O)[C@@H](C=C4COC(C)(C)O[C@H]43)[C@@H]1C2(C)C. The summed E-state index contributed by atoms with van der Waals surface area (Å²) >= 11 is 0. The summed E-state index contributed by atoms with van der Waals surface area (Å²) in [5.41, 5.74) is -1.79. The van der Waals surface area contributed by atoms with E-state index in [4.69, 9.17) is 14.2 Å². The van der Waals surface area contributed by atoms with Gasteiger partial charge in [-0.25, -0.2) is 0 Å². The Hall–Kier alpha value is -1.54. The monoisotopic (exact) mass is 602 g/mol. The molecule has 0 aromatic carbocycles. The third kappa shape index (κ3) is 7.15. The molecule has 0 spiro atoms. The van der Waals surface area contributed by atoms with Crippen LogP contribution < -0.4 is 0 Å². The first-order chi connectivity index (χ1) is 20.2. The molecular weight excluding hydrogens is 544 g/mol. The number of Topliss-reactive ketones (excluding diaryl/α,β-unsaturated/α-hetero) is 1. The third-order valence-electron chi connectivity index (χ3n) is 10.8. The fourth-order valence-electron chi connectivity index (χ4n) is 8.17. The minimum atomic E-state index is -1.84. The highest BCUT2D eigenvalue weighted by molar-refractivity contribution is 5.86. The van der Waals surface area contributed by atoms with Crippen LogP contribution in [0.4, 0.5) is 0 Å². The first kappa shape index (κ1) is 34.3. The predicted molar refractivity (Wildman–Crippen MR) is 167 cm³/mol. The smallest absolute Gasteiger partial charge is 0.306 e. The Morgan fingerprint density at radius 3 is 2.33 bits per heavy atom. The Morgan fingerprint density at radius 1 is 1.05 bits per heavy atom. The molecule has 1 heterocycles. The lowest BCUT2D eigenvalue weighted by Gasteiger charge is -2.46. The molecule has 0 amide bonds. The Kier molecular flexibility index (Phi) is 10.7. The van der Waals surface area contributed by atoms with Crippen molar-refractivity contribution in [3.8, 4) is 0 Å². The van der Waals surface area contributed by atoms with E-state index >= 15 is 0 Å². The van der Waals surface area contributed by atoms with Gasteiger partial charge < -0.3 is 24.4 Å². The van der Waals surface area contributed by atoms with Crippen LogP contribution in [-0.4, -0.2) is 57.8 Å². The van der Waals surface area contributed by atoms with E-state index in [9.17, 15) is 19.8 Å². The molecule has 4 aliphatic rings. The zero-order valence-electron chi connectivity index (χ0n) is 27.9. The van der Waals surface area contributed by atoms with Gasteiger partial charge in [0.25, 0.3) is 0 Å². The third-order valence-corrected chi connectivity index (χ3v) is 10.8. The molecule has 244 valence electrons. The number of fused-ring (bicyclic) bond motifs is 7. The van der Waals surface area contributed by atoms with Gasteiger partial charge in [0, 0.05) is 30.1 Å². The fourth-order valence-corrected chi connectivity index (χ4v) is 8.17. The van der Waals surface area contributed by atoms with Crippen LogP contribution in [0, 0.1) is 23.2 Å². The molecule has 4 rings (SSSR count). The van der Waals surface area contributed by atoms with Gasteiger partial charge in [0.05, 0.1) is 6.61 Å². The maximum Gasteiger partial charge on any atom is 0.306 e. The summed E-state index contributed by atoms with van der Waals surface area (Å²) in [7, 11) is 0. The van der Waals surface area contributed by atoms with Crippen LogP contribution in [-0.2, 0) is 23.8 Å². The lowest BCUT2D eigenvalue weighted by atomic mass is 9.78. The van der Waals surface area contributed by atoms with Crippen LogP contribution >= 0.6 is 0 Å². The maximum atomic E-state index is 14.1. The van der Waals surface area contributed by atoms with Gasteiger partial charge in [0.2, 0.25) is 0 Å². The van der Waals surface area contributed by atoms with E-state index in [2.05, 4.69) is 27.7 Å². The standard InChI is InChI=1S/C36H58O7/c1-8-9-10-11-12-13-14-15-16-17-29(38)42-36-21-24(2)18-19-25(3)31(39)35(40)22-28(37)27(30(36)33(36,4)5)20-26-23-41-34(6,7)43-32(26)35/h19-20,24,27,30-32,39-40H,8-18,21-23H2,1-7H3/b25-19-/t24-,27+,30+,31-,32+,35+,36-/m0/s1. The number of ether oxygens (including phenoxy) is 3. The quantitative estimate of drug-likeness (QED) is 0.149. The van der Waals surface area contributed by atoms with E-state index in [1.54, 1.807) is 20.8 Å². The second kappa shape index (κ2) is 13.4. The molecule has 3 aliphatic carbocycles. The number of aliphatic hydroxyl groups excluding tert-OH is 1. The average molecular weight is 603 g/mol. The summed E-state index contributed by atoms with van der Waals surface area (Å²) in [6.07, 6.45) is 13.8. The summed E-state index contributed by atoms with van der Waals surface area (Å²) in [5, 5.41) is 23.6. The van der Waals surface area contributed by atoms with Crippen molar-refractivity contribution in [2.24, 2.45) is 23.2 Å². The molecule has 0 radical (unpaired) electrons. The summed E-state index contributed by atoms with van der Waals surface area (Å²) in [5.74, 6) is -2.02. The molecule has 1 saturated carbocycles. The van der Waals surface area contributed by atoms with Gasteiger partial charge in [-0.15, -0.1) is 0 Å². The summed E-state index contributed by atoms with van der Waals surface area (Å²) in [4.78, 5) is 27.5. The number of esters is 1. The molecule has 1 aliphatic heterocycles. The number of carbonyl (C=O) groups excluding carboxylic acids is 2. The van der Waals surface area contributed by atoms with Crippen LogP contribution in [0.25, 0.3) is 0 Å². The van der Waals surface area contributed by atoms with E-state index in [1.165, 1.54) is 38.5 Å². The molecule has 43 heavy (non-hydrogen) atoms. The lowest BCUT2D eigenvalue weighted by molar-refractivity contribution is -0.290. The van der Waals surface area contributed by atoms with E-state index in [-0.39, 0.29) is 36.6 Å². The largest absolute Gasteiger partial charge is 0.458 e. The van der Waals surface area contributed by atoms with Gasteiger partial charge in [-0.05, 0) is 57.1 Å². The fraction of sp³-hybridized carbons (Fsp3) is 0.833. The number of ketones is 1. The molecule has 7 nitrogen and oxygen atoms in total. The van der Waals surface area contributed by atoms with Crippen molar-refractivity contribution in [1.82, 2.24) is 0 Å². The number of unbranched alkanes of at least 4 members (excludes halogenated alkanes) is 8. The van der Waals surface area contributed by atoms with Crippen LogP contribution in [0.1, 0.15) is 132 Å². The summed E-state index contributed by atoms with van der Waals surface area (Å²) in [6, 6.07) is 0. The summed E-state index contributed by atoms with van der Waals surface area (Å²) < 4.78 is 18.7. The Balaban J connectivity index is 1.56. The summed E-state index contributed by atoms with van der Waals surface area (Å²) in [6.45, 7) is 14.1. The molecule has 2 fully saturated rings. The zero-order chi connectivity index (χ0) is 31.6. The Morgan fingerprint density at radius 2 is 1.67 bits per heavy atom. The number of rotatable bonds is 11. The first-order valence-corrected chi connectivity index (χ1v) is 17.0. The Bertz CT molecular complexity index is 1070. The predicted octanol–water partition coefficient (Wildman–Crippen LogP) is 6.98. The van der Waals surface area contributed by atoms with Crippen LogP contribution in [0.5, 0.6) is 0 Å². The van der Waals surface area contributed by atoms with E-state index < -0.39 is 40.5 Å². The molecule has 0 aromatic heterocycles. The van der Waals surface area contributed by atoms with E-state index in [0.29, 0.717) is 30.4 Å². The first-order valence-electron chi connectivity index (χ1n) is 17.0. The van der Waals surface area contributed by atoms with Crippen molar-refractivity contribution in [3.05, 3.63) is 23.3 Å². The number of hydrogen-bond donors (Lipinski definition) is 2. The van der Waals surface area contributed by atoms with Crippen molar-refractivity contribution >= 4 is 11.8 Å². The zero-order valence-corrected chi connectivity index (χ0v) is 27.9. The number of hydrogen-bond acceptors (Lipinski definition) is 7. The lowest BCUT2D eigenvalue weighted by Crippen LogP contribution is -2.59. The van der Waals surface area contributed by atoms with Gasteiger partial charge in [-0.1, -0.05) is 91.2 Å². The molecule has 7 heteroatoms. The normalized spacial score (nSPS) is 37.9. The highest BCUT2D eigenvalue weighted by atomic mass is 16.7. The van der Waals surface area contributed by atoms with Crippen molar-refractivity contribution in [3.63, 3.8) is 0 Å². The minimum Gasteiger partial charge on any atom is -0.458 e. The molecule has 7 atom stereocenters. The average Bonchev–Trinajstić information content (AvgIpc) is 3.42. The minimum absolute atomic E-state index is 0.143. The maximum absolute atomic E-state index is 14.1. The van der Waals surface area contributed by atoms with E-state index in [1.807, 2.05) is 12.2 Å². The highest BCUT2D eigenvalue weighted by Crippen LogP contribution is 2.70. The number of aliphatic hydroxyl groups is 2. The molecule has 2 N–H and O–H groups in total. The van der Waals surface area contributed by atoms with Gasteiger partial charge in [-0.3, -0.25) is 9.59 Å². The molecule has 0 aromatic rings. The topological polar surface area (TPSA) is 102 Å². The Labute approximate surface area is 259 Å². The van der Waals surface area contributed by atoms with Crippen LogP contribution in [0.3, 0.4) is 0 Å². The second-order valence-electron chi connectivity index (χ2n) is 15.1. The number of carbonyl (C=O) groups is 2. The van der Waals surface area contributed by atoms with Crippen molar-refractivity contribution in [2.75, 3.05) is 6.61 Å².